The number of carbonyl (C=O) groups is 2. The van der Waals surface area contributed by atoms with E-state index in [0.717, 1.165) is 22.6 Å². The maximum Gasteiger partial charge on any atom is 0.338 e. The van der Waals surface area contributed by atoms with Gasteiger partial charge in [-0.1, -0.05) is 17.3 Å². The predicted octanol–water partition coefficient (Wildman–Crippen LogP) is 4.51. The van der Waals surface area contributed by atoms with E-state index in [4.69, 9.17) is 14.0 Å². The molecule has 162 valence electrons. The summed E-state index contributed by atoms with van der Waals surface area (Å²) < 4.78 is 18.1. The number of hydrogen-bond donors (Lipinski definition) is 0. The summed E-state index contributed by atoms with van der Waals surface area (Å²) in [6, 6.07) is 8.45. The fourth-order valence-corrected chi connectivity index (χ4v) is 3.36. The molecule has 0 saturated carbocycles. The molecule has 0 radical (unpaired) electrons. The number of aryl methyl sites for hydroxylation is 3. The number of allylic oxidation sites excluding steroid dienone is 1. The van der Waals surface area contributed by atoms with Crippen LogP contribution >= 0.6 is 0 Å². The molecule has 0 spiro atoms. The smallest absolute Gasteiger partial charge is 0.338 e. The lowest BCUT2D eigenvalue weighted by Crippen LogP contribution is -2.15. The van der Waals surface area contributed by atoms with Crippen LogP contribution in [0.3, 0.4) is 0 Å². The third-order valence-corrected chi connectivity index (χ3v) is 5.15. The van der Waals surface area contributed by atoms with Crippen LogP contribution in [0.2, 0.25) is 0 Å². The Balaban J connectivity index is 1.62. The van der Waals surface area contributed by atoms with Gasteiger partial charge in [-0.05, 0) is 52.0 Å². The van der Waals surface area contributed by atoms with Crippen molar-refractivity contribution in [3.63, 3.8) is 0 Å². The highest BCUT2D eigenvalue weighted by atomic mass is 16.5. The third kappa shape index (κ3) is 4.94. The highest BCUT2D eigenvalue weighted by Gasteiger charge is 2.18. The molecule has 2 aromatic heterocycles. The molecule has 7 heteroatoms. The molecule has 0 saturated heterocycles. The van der Waals surface area contributed by atoms with Crippen LogP contribution in [-0.4, -0.2) is 28.1 Å². The lowest BCUT2D eigenvalue weighted by Gasteiger charge is -2.09. The highest BCUT2D eigenvalue weighted by molar-refractivity contribution is 6.00. The average molecular weight is 422 g/mol. The number of ketones is 1. The topological polar surface area (TPSA) is 83.6 Å². The second kappa shape index (κ2) is 9.47. The van der Waals surface area contributed by atoms with Gasteiger partial charge in [-0.15, -0.1) is 6.58 Å². The van der Waals surface area contributed by atoms with Crippen molar-refractivity contribution in [3.8, 4) is 5.75 Å². The van der Waals surface area contributed by atoms with E-state index in [1.54, 1.807) is 36.4 Å². The molecular formula is C24H26N2O5. The van der Waals surface area contributed by atoms with E-state index in [2.05, 4.69) is 11.7 Å². The molecule has 0 atom stereocenters. The van der Waals surface area contributed by atoms with Gasteiger partial charge in [0.15, 0.2) is 6.61 Å². The van der Waals surface area contributed by atoms with E-state index in [1.165, 1.54) is 0 Å². The summed E-state index contributed by atoms with van der Waals surface area (Å²) in [5, 5.41) is 3.90. The zero-order valence-corrected chi connectivity index (χ0v) is 18.2. The molecule has 7 nitrogen and oxygen atoms in total. The van der Waals surface area contributed by atoms with Gasteiger partial charge in [0.05, 0.1) is 16.8 Å². The van der Waals surface area contributed by atoms with E-state index in [-0.39, 0.29) is 19.0 Å². The summed E-state index contributed by atoms with van der Waals surface area (Å²) in [5.74, 6) is 0.367. The van der Waals surface area contributed by atoms with E-state index in [0.29, 0.717) is 29.2 Å². The van der Waals surface area contributed by atoms with Crippen LogP contribution < -0.4 is 4.74 Å². The van der Waals surface area contributed by atoms with Crippen LogP contribution in [0.1, 0.15) is 49.1 Å². The van der Waals surface area contributed by atoms with E-state index in [9.17, 15) is 9.59 Å². The average Bonchev–Trinajstić information content (AvgIpc) is 3.23. The molecule has 31 heavy (non-hydrogen) atoms. The van der Waals surface area contributed by atoms with Crippen LogP contribution in [0, 0.1) is 27.7 Å². The first-order chi connectivity index (χ1) is 14.8. The van der Waals surface area contributed by atoms with Gasteiger partial charge >= 0.3 is 5.97 Å². The van der Waals surface area contributed by atoms with Crippen molar-refractivity contribution in [3.05, 3.63) is 82.5 Å². The Morgan fingerprint density at radius 3 is 2.65 bits per heavy atom. The minimum atomic E-state index is -0.587. The number of rotatable bonds is 9. The largest absolute Gasteiger partial charge is 0.489 e. The van der Waals surface area contributed by atoms with Gasteiger partial charge in [0.1, 0.15) is 18.1 Å². The number of Topliss-reactive ketones (excluding diaryl/α,β-unsaturated/α-hetero) is 1. The van der Waals surface area contributed by atoms with Gasteiger partial charge in [0.2, 0.25) is 5.78 Å². The molecule has 3 aromatic rings. The van der Waals surface area contributed by atoms with E-state index >= 15 is 0 Å². The van der Waals surface area contributed by atoms with Gasteiger partial charge in [-0.3, -0.25) is 4.79 Å². The molecule has 0 unspecified atom stereocenters. The van der Waals surface area contributed by atoms with Crippen molar-refractivity contribution < 1.29 is 23.6 Å². The second-order valence-corrected chi connectivity index (χ2v) is 7.30. The molecule has 0 bridgehead atoms. The van der Waals surface area contributed by atoms with Crippen molar-refractivity contribution in [1.29, 1.82) is 0 Å². The lowest BCUT2D eigenvalue weighted by molar-refractivity contribution is 0.0474. The molecule has 0 aliphatic carbocycles. The summed E-state index contributed by atoms with van der Waals surface area (Å²) in [6.45, 7) is 11.7. The molecule has 0 amide bonds. The molecule has 0 aliphatic heterocycles. The number of nitrogens with zero attached hydrogens (tertiary/aromatic N) is 2. The Kier molecular flexibility index (Phi) is 6.74. The first kappa shape index (κ1) is 22.1. The van der Waals surface area contributed by atoms with Crippen LogP contribution in [0.4, 0.5) is 0 Å². The Hall–Kier alpha value is -3.61. The Bertz CT molecular complexity index is 1100. The summed E-state index contributed by atoms with van der Waals surface area (Å²) in [4.78, 5) is 25.0. The fraction of sp³-hybridized carbons (Fsp3) is 0.292. The quantitative estimate of drug-likeness (QED) is 0.287. The normalized spacial score (nSPS) is 10.7. The molecule has 0 aliphatic rings. The molecule has 1 aromatic carbocycles. The summed E-state index contributed by atoms with van der Waals surface area (Å²) >= 11 is 0. The minimum Gasteiger partial charge on any atom is -0.489 e. The first-order valence-corrected chi connectivity index (χ1v) is 9.94. The lowest BCUT2D eigenvalue weighted by atomic mass is 10.1. The number of carbonyl (C=O) groups excluding carboxylic acids is 2. The molecule has 0 fully saturated rings. The first-order valence-electron chi connectivity index (χ1n) is 9.94. The number of benzene rings is 1. The van der Waals surface area contributed by atoms with Gasteiger partial charge in [-0.25, -0.2) is 4.79 Å². The number of aromatic nitrogens is 2. The highest BCUT2D eigenvalue weighted by Crippen LogP contribution is 2.20. The molecular weight excluding hydrogens is 396 g/mol. The van der Waals surface area contributed by atoms with Crippen LogP contribution in [-0.2, 0) is 17.9 Å². The van der Waals surface area contributed by atoms with Gasteiger partial charge in [-0.2, -0.15) is 0 Å². The van der Waals surface area contributed by atoms with Crippen molar-refractivity contribution in [2.75, 3.05) is 6.61 Å². The third-order valence-electron chi connectivity index (χ3n) is 5.15. The van der Waals surface area contributed by atoms with Crippen molar-refractivity contribution in [2.45, 2.75) is 40.8 Å². The van der Waals surface area contributed by atoms with Crippen molar-refractivity contribution in [2.24, 2.45) is 0 Å². The number of ether oxygens (including phenoxy) is 2. The SMILES string of the molecule is C=CCn1c(C)cc(C(=O)COC(=O)c2cccc(OCc3c(C)noc3C)c2)c1C. The monoisotopic (exact) mass is 422 g/mol. The minimum absolute atomic E-state index is 0.248. The van der Waals surface area contributed by atoms with Crippen LogP contribution in [0.25, 0.3) is 0 Å². The van der Waals surface area contributed by atoms with Crippen molar-refractivity contribution >= 4 is 11.8 Å². The summed E-state index contributed by atoms with van der Waals surface area (Å²) in [5.41, 5.74) is 4.26. The van der Waals surface area contributed by atoms with Gasteiger partial charge < -0.3 is 18.6 Å². The maximum atomic E-state index is 12.6. The number of hydrogen-bond acceptors (Lipinski definition) is 6. The Morgan fingerprint density at radius 2 is 1.97 bits per heavy atom. The molecule has 3 rings (SSSR count). The maximum absolute atomic E-state index is 12.6. The Morgan fingerprint density at radius 1 is 1.19 bits per heavy atom. The van der Waals surface area contributed by atoms with E-state index < -0.39 is 5.97 Å². The number of esters is 1. The van der Waals surface area contributed by atoms with Crippen LogP contribution in [0.5, 0.6) is 5.75 Å². The summed E-state index contributed by atoms with van der Waals surface area (Å²) in [6.07, 6.45) is 1.77. The molecule has 2 heterocycles. The van der Waals surface area contributed by atoms with Crippen LogP contribution in [0.15, 0.2) is 47.5 Å². The Labute approximate surface area is 181 Å². The zero-order valence-electron chi connectivity index (χ0n) is 18.2. The van der Waals surface area contributed by atoms with Gasteiger partial charge in [0, 0.05) is 23.5 Å². The second-order valence-electron chi connectivity index (χ2n) is 7.30. The standard InChI is InChI=1S/C24H26N2O5/c1-6-10-26-15(2)11-21(17(26)4)23(27)14-30-24(28)19-8-7-9-20(12-19)29-13-22-16(3)25-31-18(22)5/h6-9,11-12H,1,10,13-14H2,2-5H3. The molecule has 0 N–H and O–H groups in total. The van der Waals surface area contributed by atoms with Gasteiger partial charge in [0.25, 0.3) is 0 Å². The van der Waals surface area contributed by atoms with Crippen molar-refractivity contribution in [1.82, 2.24) is 9.72 Å². The fourth-order valence-electron chi connectivity index (χ4n) is 3.36. The predicted molar refractivity (Wildman–Crippen MR) is 115 cm³/mol. The van der Waals surface area contributed by atoms with E-state index in [1.807, 2.05) is 32.3 Å². The zero-order chi connectivity index (χ0) is 22.5. The summed E-state index contributed by atoms with van der Waals surface area (Å²) in [7, 11) is 0.